The molecule has 1 N–H and O–H groups in total. The van der Waals surface area contributed by atoms with Gasteiger partial charge in [-0.05, 0) is 120 Å². The molecule has 2 aliphatic rings. The lowest BCUT2D eigenvalue weighted by Crippen LogP contribution is -2.18. The molecule has 310 valence electrons. The minimum Gasteiger partial charge on any atom is -0.357 e. The maximum absolute atomic E-state index is 10.9. The number of rotatable bonds is 8. The van der Waals surface area contributed by atoms with E-state index in [0.717, 1.165) is 125 Å². The van der Waals surface area contributed by atoms with E-state index in [-0.39, 0.29) is 12.5 Å². The number of halogens is 2. The number of pyridine rings is 4. The van der Waals surface area contributed by atoms with Gasteiger partial charge in [-0.2, -0.15) is 10.2 Å². The Labute approximate surface area is 372 Å². The van der Waals surface area contributed by atoms with E-state index in [1.807, 2.05) is 52.1 Å². The van der Waals surface area contributed by atoms with Gasteiger partial charge in [0, 0.05) is 70.3 Å². The molecule has 0 aromatic carbocycles. The molecule has 0 spiro atoms. The molecule has 0 aliphatic carbocycles. The lowest BCUT2D eigenvalue weighted by Gasteiger charge is -2.22. The topological polar surface area (TPSA) is 207 Å². The van der Waals surface area contributed by atoms with Gasteiger partial charge in [-0.3, -0.25) is 19.6 Å². The van der Waals surface area contributed by atoms with E-state index in [1.165, 1.54) is 6.42 Å². The predicted molar refractivity (Wildman–Crippen MR) is 242 cm³/mol. The van der Waals surface area contributed by atoms with Crippen molar-refractivity contribution in [2.75, 3.05) is 27.4 Å². The average Bonchev–Trinajstić information content (AvgIpc) is 3.88. The van der Waals surface area contributed by atoms with Crippen molar-refractivity contribution in [3.8, 4) is 34.9 Å². The van der Waals surface area contributed by atoms with E-state index in [2.05, 4.69) is 90.3 Å². The number of carbonyl (C=O) groups is 2. The molecule has 60 heavy (non-hydrogen) atoms. The number of Topliss-reactive ketones (excluding diaryl/α,β-unsaturated/α-hetero) is 1. The Bertz CT molecular complexity index is 2650. The molecule has 17 nitrogen and oxygen atoms in total. The van der Waals surface area contributed by atoms with Crippen molar-refractivity contribution in [2.45, 2.75) is 57.9 Å². The minimum atomic E-state index is -3.45. The van der Waals surface area contributed by atoms with Crippen molar-refractivity contribution in [3.05, 3.63) is 84.7 Å². The fraction of sp³-hybridized carbons (Fsp3) is 0.325. The van der Waals surface area contributed by atoms with Gasteiger partial charge in [-0.25, -0.2) is 19.3 Å². The van der Waals surface area contributed by atoms with Gasteiger partial charge in [-0.1, -0.05) is 5.92 Å². The zero-order valence-electron chi connectivity index (χ0n) is 32.8. The van der Waals surface area contributed by atoms with Gasteiger partial charge >= 0.3 is 13.0 Å². The summed E-state index contributed by atoms with van der Waals surface area (Å²) in [6.45, 7) is 2.72. The number of carbonyl (C=O) groups excluding carboxylic acids is 2. The third-order valence-electron chi connectivity index (χ3n) is 9.40. The van der Waals surface area contributed by atoms with Crippen LogP contribution in [0.1, 0.15) is 73.8 Å². The molecule has 2 unspecified atom stereocenters. The van der Waals surface area contributed by atoms with Crippen LogP contribution in [0.15, 0.2) is 61.2 Å². The van der Waals surface area contributed by atoms with Crippen LogP contribution in [0.25, 0.3) is 49.6 Å². The summed E-state index contributed by atoms with van der Waals surface area (Å²) in [7, 11) is -1.13. The van der Waals surface area contributed by atoms with Gasteiger partial charge in [0.2, 0.25) is 5.39 Å². The van der Waals surface area contributed by atoms with Crippen molar-refractivity contribution < 1.29 is 33.0 Å². The Hall–Kier alpha value is -4.58. The summed E-state index contributed by atoms with van der Waals surface area (Å²) >= 11 is 4.46. The normalized spacial score (nSPS) is 16.4. The van der Waals surface area contributed by atoms with E-state index >= 15 is 0 Å². The fourth-order valence-electron chi connectivity index (χ4n) is 6.29. The van der Waals surface area contributed by atoms with E-state index in [9.17, 15) is 14.5 Å². The molecule has 0 saturated carbocycles. The van der Waals surface area contributed by atoms with Gasteiger partial charge in [0.15, 0.2) is 11.3 Å². The predicted octanol–water partition coefficient (Wildman–Crippen LogP) is 7.99. The molecule has 20 heteroatoms. The molecule has 0 radical (unpaired) electrons. The van der Waals surface area contributed by atoms with Gasteiger partial charge in [0.05, 0.1) is 44.6 Å². The highest BCUT2D eigenvalue weighted by molar-refractivity contribution is 14.1. The quantitative estimate of drug-likeness (QED) is 0.0504. The molecule has 2 aliphatic heterocycles. The van der Waals surface area contributed by atoms with Crippen LogP contribution in [0.5, 0.6) is 0 Å². The first kappa shape index (κ1) is 45.0. The first-order valence-electron chi connectivity index (χ1n) is 18.7. The van der Waals surface area contributed by atoms with Crippen LogP contribution in [-0.4, -0.2) is 89.3 Å². The van der Waals surface area contributed by atoms with Crippen LogP contribution in [-0.2, 0) is 23.3 Å². The Morgan fingerprint density at radius 1 is 0.883 bits per heavy atom. The van der Waals surface area contributed by atoms with Crippen molar-refractivity contribution in [1.29, 1.82) is 5.39 Å². The van der Waals surface area contributed by atoms with Crippen LogP contribution >= 0.6 is 52.7 Å². The van der Waals surface area contributed by atoms with Crippen molar-refractivity contribution in [1.82, 2.24) is 39.5 Å². The zero-order valence-corrected chi connectivity index (χ0v) is 38.0. The second-order valence-corrected chi connectivity index (χ2v) is 17.6. The highest BCUT2D eigenvalue weighted by Gasteiger charge is 2.36. The number of hydrogen-bond acceptors (Lipinski definition) is 14. The second kappa shape index (κ2) is 20.8. The van der Waals surface area contributed by atoms with Gasteiger partial charge in [0.1, 0.15) is 19.9 Å². The van der Waals surface area contributed by atoms with Gasteiger partial charge in [0.25, 0.3) is 5.78 Å². The average molecular weight is 1060 g/mol. The van der Waals surface area contributed by atoms with Crippen LogP contribution < -0.4 is 0 Å². The zero-order chi connectivity index (χ0) is 42.8. The number of fused-ring (bicyclic) bond motifs is 2. The monoisotopic (exact) mass is 1060 g/mol. The molecule has 2 atom stereocenters. The number of ketones is 1. The Morgan fingerprint density at radius 3 is 1.82 bits per heavy atom. The molecular formula is C40H40I2N10O7P+. The molecule has 6 aromatic rings. The van der Waals surface area contributed by atoms with E-state index in [1.54, 1.807) is 18.5 Å². The van der Waals surface area contributed by atoms with Crippen LogP contribution in [0.3, 0.4) is 0 Å². The van der Waals surface area contributed by atoms with E-state index < -0.39 is 18.8 Å². The van der Waals surface area contributed by atoms with Crippen molar-refractivity contribution in [3.63, 3.8) is 0 Å². The van der Waals surface area contributed by atoms with Crippen LogP contribution in [0.4, 0.5) is 0 Å². The molecule has 2 saturated heterocycles. The largest absolute Gasteiger partial charge is 0.496 e. The number of hydrogen-bond donors (Lipinski definition) is 1. The molecule has 2 fully saturated rings. The summed E-state index contributed by atoms with van der Waals surface area (Å²) in [4.78, 5) is 51.7. The Kier molecular flexibility index (Phi) is 15.6. The third-order valence-corrected chi connectivity index (χ3v) is 12.9. The molecule has 8 rings (SSSR count). The molecule has 8 heterocycles. The fourth-order valence-corrected chi connectivity index (χ4v) is 8.62. The SMILES string of the molecule is C#Cc1cnc2ccc(-c3cn(C4CCCCO4)nc3I)nc2c1.COP(O)(OC)=C([N+]#N)C(C)=O.O=Cc1cnc2ccc(-c3cn(C4CCCCO4)nc3I)nc2c1. The lowest BCUT2D eigenvalue weighted by atomic mass is 10.2. The summed E-state index contributed by atoms with van der Waals surface area (Å²) in [6, 6.07) is 11.4. The number of aldehydes is 1. The number of ether oxygens (including phenoxy) is 2. The number of aromatic nitrogens is 8. The summed E-state index contributed by atoms with van der Waals surface area (Å²) < 4.78 is 26.3. The highest BCUT2D eigenvalue weighted by Crippen LogP contribution is 2.45. The van der Waals surface area contributed by atoms with Crippen LogP contribution in [0.2, 0.25) is 0 Å². The van der Waals surface area contributed by atoms with Crippen molar-refractivity contribution >= 4 is 92.3 Å². The molecular weight excluding hydrogens is 1020 g/mol. The summed E-state index contributed by atoms with van der Waals surface area (Å²) in [6.07, 6.45) is 20.1. The second-order valence-electron chi connectivity index (χ2n) is 13.4. The number of terminal acetylenes is 1. The lowest BCUT2D eigenvalue weighted by molar-refractivity contribution is -0.110. The summed E-state index contributed by atoms with van der Waals surface area (Å²) in [5, 5.41) is 17.6. The highest BCUT2D eigenvalue weighted by atomic mass is 127. The number of nitrogens with zero attached hydrogens (tertiary/aromatic N) is 10. The smallest absolute Gasteiger partial charge is 0.357 e. The van der Waals surface area contributed by atoms with Crippen molar-refractivity contribution in [2.24, 2.45) is 0 Å². The van der Waals surface area contributed by atoms with Gasteiger partial charge in [-0.15, -0.1) is 6.42 Å². The van der Waals surface area contributed by atoms with E-state index in [0.29, 0.717) is 11.1 Å². The summed E-state index contributed by atoms with van der Waals surface area (Å²) in [5.74, 6) is 2.00. The summed E-state index contributed by atoms with van der Waals surface area (Å²) in [5.41, 5.74) is 7.49. The Morgan fingerprint density at radius 2 is 1.40 bits per heavy atom. The molecule has 0 bridgehead atoms. The third kappa shape index (κ3) is 10.6. The van der Waals surface area contributed by atoms with Crippen LogP contribution in [0, 0.1) is 25.1 Å². The van der Waals surface area contributed by atoms with Gasteiger partial charge < -0.3 is 23.4 Å². The Balaban J connectivity index is 0.000000161. The maximum Gasteiger partial charge on any atom is 0.496 e. The first-order valence-corrected chi connectivity index (χ1v) is 22.4. The number of diazo groups is 1. The minimum absolute atomic E-state index is 0.00445. The standard InChI is InChI=1S/C18H15IN4O.C17H15IN4O2.C5H9N2O4P/c1-2-12-9-16-15(20-10-12)7-6-14(21-16)13-11-23(22-18(13)19)17-5-3-4-8-24-17;18-17-12(9-22(21-17)16-3-1-2-6-24-16)13-4-5-14-15(20-13)7-11(10-23)8-19-14;1-4(8)5(7-6)12(9,10-2)11-3/h1,6-7,9-11,17H,3-5,8H2;4-5,7-10,16H,1-3,6H2;1-3H3/p+1. The maximum atomic E-state index is 10.9. The first-order chi connectivity index (χ1) is 29.0. The van der Waals surface area contributed by atoms with E-state index in [4.69, 9.17) is 26.3 Å². The molecule has 6 aromatic heterocycles. The molecule has 0 amide bonds.